The van der Waals surface area contributed by atoms with Crippen molar-refractivity contribution in [2.45, 2.75) is 26.2 Å². The third kappa shape index (κ3) is 4.18. The maximum Gasteiger partial charge on any atom is 0.266 e. The predicted octanol–water partition coefficient (Wildman–Crippen LogP) is 6.13. The van der Waals surface area contributed by atoms with Crippen LogP contribution in [0.2, 0.25) is 0 Å². The summed E-state index contributed by atoms with van der Waals surface area (Å²) in [6.45, 7) is 6.45. The van der Waals surface area contributed by atoms with Gasteiger partial charge < -0.3 is 4.74 Å². The van der Waals surface area contributed by atoms with Gasteiger partial charge in [0.05, 0.1) is 27.9 Å². The van der Waals surface area contributed by atoms with E-state index in [1.54, 1.807) is 60.7 Å². The highest BCUT2D eigenvalue weighted by atomic mass is 16.5. The second-order valence-corrected chi connectivity index (χ2v) is 10.6. The van der Waals surface area contributed by atoms with Gasteiger partial charge in [0.15, 0.2) is 0 Å². The van der Waals surface area contributed by atoms with Crippen molar-refractivity contribution in [3.05, 3.63) is 113 Å². The topological polar surface area (TPSA) is 92.8 Å². The molecular weight excluding hydrogens is 492 g/mol. The maximum atomic E-state index is 13.3. The summed E-state index contributed by atoms with van der Waals surface area (Å²) >= 11 is 0. The molecule has 6 rings (SSSR count). The Hall–Kier alpha value is -5.04. The first-order valence-electron chi connectivity index (χ1n) is 12.5. The lowest BCUT2D eigenvalue weighted by molar-refractivity contribution is 0.0874. The highest BCUT2D eigenvalue weighted by Gasteiger charge is 2.37. The third-order valence-corrected chi connectivity index (χ3v) is 7.01. The molecule has 2 heterocycles. The van der Waals surface area contributed by atoms with E-state index in [-0.39, 0.29) is 16.5 Å². The molecule has 0 atom stereocenters. The quantitative estimate of drug-likeness (QED) is 0.330. The molecule has 1 N–H and O–H groups in total. The summed E-state index contributed by atoms with van der Waals surface area (Å²) in [6.07, 6.45) is 0. The fourth-order valence-electron chi connectivity index (χ4n) is 4.82. The third-order valence-electron chi connectivity index (χ3n) is 7.01. The summed E-state index contributed by atoms with van der Waals surface area (Å²) in [6, 6.07) is 24.6. The van der Waals surface area contributed by atoms with Crippen LogP contribution in [0.4, 0.5) is 5.69 Å². The number of benzene rings is 4. The molecule has 4 amide bonds. The summed E-state index contributed by atoms with van der Waals surface area (Å²) in [5, 5.41) is 2.27. The normalized spacial score (nSPS) is 14.4. The second-order valence-electron chi connectivity index (χ2n) is 10.6. The zero-order valence-electron chi connectivity index (χ0n) is 21.6. The fraction of sp³-hybridized carbons (Fsp3) is 0.125. The van der Waals surface area contributed by atoms with Crippen molar-refractivity contribution in [1.82, 2.24) is 5.32 Å². The monoisotopic (exact) mass is 516 g/mol. The number of ether oxygens (including phenoxy) is 1. The standard InChI is InChI=1S/C32H24N2O5/c1-32(2,3)20-6-10-22(11-7-20)39-23-12-8-21(9-13-23)34-30(37)25-15-5-19(17-27(25)31(34)38)18-4-14-24-26(16-18)29(36)33-28(24)35/h4-17H,1-3H3,(H,33,35,36). The number of hydrogen-bond acceptors (Lipinski definition) is 5. The number of hydrogen-bond donors (Lipinski definition) is 1. The Kier molecular flexibility index (Phi) is 5.47. The molecule has 0 saturated heterocycles. The van der Waals surface area contributed by atoms with Gasteiger partial charge in [-0.3, -0.25) is 24.5 Å². The smallest absolute Gasteiger partial charge is 0.266 e. The van der Waals surface area contributed by atoms with Crippen molar-refractivity contribution in [3.63, 3.8) is 0 Å². The first-order chi connectivity index (χ1) is 18.6. The van der Waals surface area contributed by atoms with Gasteiger partial charge in [0.1, 0.15) is 11.5 Å². The zero-order chi connectivity index (χ0) is 27.5. The number of nitrogens with zero attached hydrogens (tertiary/aromatic N) is 1. The molecule has 0 aliphatic carbocycles. The molecule has 7 nitrogen and oxygen atoms in total. The highest BCUT2D eigenvalue weighted by molar-refractivity contribution is 6.34. The molecule has 7 heteroatoms. The van der Waals surface area contributed by atoms with Crippen LogP contribution >= 0.6 is 0 Å². The van der Waals surface area contributed by atoms with Crippen LogP contribution in [0.15, 0.2) is 84.9 Å². The van der Waals surface area contributed by atoms with Crippen molar-refractivity contribution >= 4 is 29.3 Å². The summed E-state index contributed by atoms with van der Waals surface area (Å²) in [4.78, 5) is 51.6. The van der Waals surface area contributed by atoms with E-state index in [2.05, 4.69) is 26.1 Å². The van der Waals surface area contributed by atoms with Crippen LogP contribution in [-0.2, 0) is 5.41 Å². The largest absolute Gasteiger partial charge is 0.457 e. The van der Waals surface area contributed by atoms with Crippen molar-refractivity contribution in [3.8, 4) is 22.6 Å². The van der Waals surface area contributed by atoms with Crippen LogP contribution in [0, 0.1) is 0 Å². The molecule has 2 aliphatic heterocycles. The lowest BCUT2D eigenvalue weighted by atomic mass is 9.87. The Balaban J connectivity index is 1.23. The predicted molar refractivity (Wildman–Crippen MR) is 146 cm³/mol. The van der Waals surface area contributed by atoms with E-state index < -0.39 is 23.6 Å². The highest BCUT2D eigenvalue weighted by Crippen LogP contribution is 2.34. The van der Waals surface area contributed by atoms with Crippen molar-refractivity contribution in [2.24, 2.45) is 0 Å². The minimum atomic E-state index is -0.454. The van der Waals surface area contributed by atoms with Crippen LogP contribution in [-0.4, -0.2) is 23.6 Å². The lowest BCUT2D eigenvalue weighted by Crippen LogP contribution is -2.29. The molecule has 0 bridgehead atoms. The van der Waals surface area contributed by atoms with Crippen LogP contribution in [0.25, 0.3) is 11.1 Å². The van der Waals surface area contributed by atoms with Crippen LogP contribution in [0.5, 0.6) is 11.5 Å². The Morgan fingerprint density at radius 3 is 1.72 bits per heavy atom. The average Bonchev–Trinajstić information content (AvgIpc) is 3.35. The summed E-state index contributed by atoms with van der Waals surface area (Å²) in [5.74, 6) is -0.450. The van der Waals surface area contributed by atoms with Gasteiger partial charge in [0, 0.05) is 0 Å². The van der Waals surface area contributed by atoms with Gasteiger partial charge in [-0.1, -0.05) is 45.0 Å². The number of nitrogens with one attached hydrogen (secondary N) is 1. The van der Waals surface area contributed by atoms with Gasteiger partial charge in [0.2, 0.25) is 0 Å². The van der Waals surface area contributed by atoms with Crippen LogP contribution in [0.3, 0.4) is 0 Å². The van der Waals surface area contributed by atoms with Gasteiger partial charge in [-0.2, -0.15) is 0 Å². The summed E-state index contributed by atoms with van der Waals surface area (Å²) in [5.41, 5.74) is 4.19. The molecular formula is C32H24N2O5. The molecule has 0 fully saturated rings. The first kappa shape index (κ1) is 24.3. The molecule has 0 spiro atoms. The van der Waals surface area contributed by atoms with Crippen LogP contribution < -0.4 is 15.0 Å². The minimum Gasteiger partial charge on any atom is -0.457 e. The van der Waals surface area contributed by atoms with E-state index in [1.807, 2.05) is 24.3 Å². The van der Waals surface area contributed by atoms with E-state index in [0.717, 1.165) is 4.90 Å². The molecule has 2 aliphatic rings. The molecule has 0 aromatic heterocycles. The average molecular weight is 517 g/mol. The van der Waals surface area contributed by atoms with E-state index in [1.165, 1.54) is 5.56 Å². The Morgan fingerprint density at radius 2 is 1.10 bits per heavy atom. The van der Waals surface area contributed by atoms with Crippen molar-refractivity contribution < 1.29 is 23.9 Å². The fourth-order valence-corrected chi connectivity index (χ4v) is 4.82. The number of imide groups is 2. The molecule has 4 aromatic carbocycles. The number of amides is 4. The molecule has 0 unspecified atom stereocenters. The minimum absolute atomic E-state index is 0.0470. The Bertz CT molecular complexity index is 1700. The first-order valence-corrected chi connectivity index (χ1v) is 12.5. The number of rotatable bonds is 4. The number of carbonyl (C=O) groups excluding carboxylic acids is 4. The molecule has 0 saturated carbocycles. The van der Waals surface area contributed by atoms with E-state index in [0.29, 0.717) is 39.4 Å². The maximum absolute atomic E-state index is 13.3. The molecule has 39 heavy (non-hydrogen) atoms. The van der Waals surface area contributed by atoms with Crippen molar-refractivity contribution in [1.29, 1.82) is 0 Å². The van der Waals surface area contributed by atoms with Gasteiger partial charge in [-0.25, -0.2) is 4.90 Å². The zero-order valence-corrected chi connectivity index (χ0v) is 21.6. The Labute approximate surface area is 225 Å². The number of anilines is 1. The molecule has 0 radical (unpaired) electrons. The number of carbonyl (C=O) groups is 4. The SMILES string of the molecule is CC(C)(C)c1ccc(Oc2ccc(N3C(=O)c4ccc(-c5ccc6c(c5)C(=O)NC6=O)cc4C3=O)cc2)cc1. The van der Waals surface area contributed by atoms with E-state index in [4.69, 9.17) is 4.74 Å². The van der Waals surface area contributed by atoms with Crippen LogP contribution in [0.1, 0.15) is 67.8 Å². The van der Waals surface area contributed by atoms with E-state index in [9.17, 15) is 19.2 Å². The van der Waals surface area contributed by atoms with E-state index >= 15 is 0 Å². The lowest BCUT2D eigenvalue weighted by Gasteiger charge is -2.19. The Morgan fingerprint density at radius 1 is 0.590 bits per heavy atom. The molecule has 192 valence electrons. The second kappa shape index (κ2) is 8.77. The van der Waals surface area contributed by atoms with Gasteiger partial charge in [-0.15, -0.1) is 0 Å². The summed E-state index contributed by atoms with van der Waals surface area (Å²) < 4.78 is 5.95. The molecule has 4 aromatic rings. The van der Waals surface area contributed by atoms with Gasteiger partial charge in [0.25, 0.3) is 23.6 Å². The van der Waals surface area contributed by atoms with Crippen molar-refractivity contribution in [2.75, 3.05) is 4.90 Å². The van der Waals surface area contributed by atoms with Gasteiger partial charge in [-0.05, 0) is 82.8 Å². The summed E-state index contributed by atoms with van der Waals surface area (Å²) in [7, 11) is 0. The van der Waals surface area contributed by atoms with Gasteiger partial charge >= 0.3 is 0 Å². The number of fused-ring (bicyclic) bond motifs is 2.